The van der Waals surface area contributed by atoms with Crippen LogP contribution in [0.4, 0.5) is 0 Å². The van der Waals surface area contributed by atoms with Crippen LogP contribution in [0.25, 0.3) is 0 Å². The molecule has 4 amide bonds. The summed E-state index contributed by atoms with van der Waals surface area (Å²) in [6, 6.07) is 47.8. The summed E-state index contributed by atoms with van der Waals surface area (Å²) in [4.78, 5) is 185. The Labute approximate surface area is 798 Å². The Morgan fingerprint density at radius 3 is 0.559 bits per heavy atom. The summed E-state index contributed by atoms with van der Waals surface area (Å²) in [6.07, 6.45) is 3.05. The van der Waals surface area contributed by atoms with Crippen LogP contribution < -0.4 is 18.9 Å². The van der Waals surface area contributed by atoms with Crippen molar-refractivity contribution >= 4 is 71.4 Å². The van der Waals surface area contributed by atoms with Gasteiger partial charge in [-0.15, -0.1) is 0 Å². The Balaban J connectivity index is 1.44. The minimum Gasteiger partial charge on any atom is -0.493 e. The first-order chi connectivity index (χ1) is 64.6. The third kappa shape index (κ3) is 34.8. The highest BCUT2D eigenvalue weighted by atomic mass is 16.6. The number of ether oxygens (including phenoxy) is 12. The van der Waals surface area contributed by atoms with Gasteiger partial charge in [-0.1, -0.05) is 175 Å². The molecule has 0 aromatic heterocycles. The summed E-state index contributed by atoms with van der Waals surface area (Å²) in [6.45, 7) is 20.9. The molecule has 8 aromatic carbocycles. The number of rotatable bonds is 44. The third-order valence-electron chi connectivity index (χ3n) is 20.8. The molecule has 9 rings (SSSR count). The van der Waals surface area contributed by atoms with E-state index in [4.69, 9.17) is 56.8 Å². The van der Waals surface area contributed by atoms with Gasteiger partial charge in [-0.3, -0.25) is 57.5 Å². The standard InChI is InChI=1S/C108H132N4O24/c1-17-21-45-125-97-77-49-79-55-86(102(122)110(66-94(118)134-106(8,9)10)62-90(114)130-70-74-39-31-26-32-40-74)57-81(98(79)126-46-22-18-2)51-83-59-88(104(124)112(68-96(120)136-108(14,15)16)64-92(116)132-72-76-43-35-28-36-44-76)60-84(100(83)128-48-24-20-4)52-82-58-87(103(123)111(67-95(119)135-107(11,12)13)63-91(115)131-71-75-41-33-27-34-42-75)56-80(99(82)127-47-23-19-3)50-78(97)54-85(53-77)101(121)109(65-93(117)133-105(5,6)7)61-89(113)129-69-73-37-29-25-30-38-73/h25-44,53-60H,17-24,45-52,61-72H2,1-16H3. The number of hydrogen-bond donors (Lipinski definition) is 0. The van der Waals surface area contributed by atoms with E-state index in [0.29, 0.717) is 73.6 Å². The van der Waals surface area contributed by atoms with Crippen LogP contribution in [0, 0.1) is 0 Å². The Morgan fingerprint density at radius 2 is 0.404 bits per heavy atom. The highest BCUT2D eigenvalue weighted by molar-refractivity contribution is 6.02. The van der Waals surface area contributed by atoms with Crippen LogP contribution in [-0.2, 0) is 128 Å². The van der Waals surface area contributed by atoms with E-state index in [-0.39, 0.29) is 168 Å². The number of carbonyl (C=O) groups is 12. The molecule has 0 radical (unpaired) electrons. The summed E-state index contributed by atoms with van der Waals surface area (Å²) in [5.41, 5.74) is -0.384. The van der Waals surface area contributed by atoms with Crippen molar-refractivity contribution in [2.24, 2.45) is 0 Å². The number of nitrogens with zero attached hydrogens (tertiary/aromatic N) is 4. The lowest BCUT2D eigenvalue weighted by Crippen LogP contribution is -2.42. The lowest BCUT2D eigenvalue weighted by atomic mass is 9.87. The van der Waals surface area contributed by atoms with Crippen LogP contribution in [0.3, 0.4) is 0 Å². The second-order valence-corrected chi connectivity index (χ2v) is 37.6. The number of benzene rings is 8. The smallest absolute Gasteiger partial charge is 0.326 e. The van der Waals surface area contributed by atoms with E-state index in [1.165, 1.54) is 0 Å². The fraction of sp³-hybridized carbons (Fsp3) is 0.444. The summed E-state index contributed by atoms with van der Waals surface area (Å²) >= 11 is 0. The zero-order valence-electron chi connectivity index (χ0n) is 81.6. The van der Waals surface area contributed by atoms with Crippen LogP contribution >= 0.6 is 0 Å². The van der Waals surface area contributed by atoms with Crippen molar-refractivity contribution in [1.82, 2.24) is 19.6 Å². The molecule has 0 saturated carbocycles. The van der Waals surface area contributed by atoms with Crippen molar-refractivity contribution in [3.05, 3.63) is 259 Å². The van der Waals surface area contributed by atoms with E-state index >= 15 is 19.2 Å². The van der Waals surface area contributed by atoms with Gasteiger partial charge in [0.05, 0.1) is 26.4 Å². The molecule has 0 aliphatic heterocycles. The topological polar surface area (TPSA) is 329 Å². The highest BCUT2D eigenvalue weighted by Crippen LogP contribution is 2.43. The maximum atomic E-state index is 16.4. The molecule has 728 valence electrons. The minimum atomic E-state index is -1.08. The average molecular weight is 1870 g/mol. The van der Waals surface area contributed by atoms with Crippen molar-refractivity contribution in [1.29, 1.82) is 0 Å². The van der Waals surface area contributed by atoms with Gasteiger partial charge in [0.25, 0.3) is 23.6 Å². The van der Waals surface area contributed by atoms with Gasteiger partial charge in [0.15, 0.2) is 0 Å². The molecule has 1 aliphatic carbocycles. The van der Waals surface area contributed by atoms with E-state index in [9.17, 15) is 38.4 Å². The zero-order valence-corrected chi connectivity index (χ0v) is 81.6. The SMILES string of the molecule is CCCCOc1c2cc(C(=O)N(CC(=O)OCc3ccccc3)CC(=O)OC(C)(C)C)cc1Cc1cc(C(=O)N(CC(=O)OCc3ccccc3)CC(=O)OC(C)(C)C)cc(c1OCCCC)Cc1cc(C(=O)N(CC(=O)OCc3ccccc3)CC(=O)OC(C)(C)C)cc(c1OCCCC)Cc1cc(C(=O)N(CC(=O)OCc3ccccc3)CC(=O)OC(C)(C)C)cc(c1OCCCC)C2. The van der Waals surface area contributed by atoms with Crippen molar-refractivity contribution in [3.8, 4) is 23.0 Å². The van der Waals surface area contributed by atoms with E-state index in [1.54, 1.807) is 253 Å². The van der Waals surface area contributed by atoms with E-state index in [2.05, 4.69) is 0 Å². The summed E-state index contributed by atoms with van der Waals surface area (Å²) in [5, 5.41) is 0. The monoisotopic (exact) mass is 1870 g/mol. The lowest BCUT2D eigenvalue weighted by Gasteiger charge is -2.28. The molecule has 28 heteroatoms. The molecule has 1 aliphatic rings. The van der Waals surface area contributed by atoms with Gasteiger partial charge in [0, 0.05) is 47.9 Å². The molecule has 0 saturated heterocycles. The quantitative estimate of drug-likeness (QED) is 0.0194. The molecule has 0 fully saturated rings. The van der Waals surface area contributed by atoms with Gasteiger partial charge in [0.1, 0.15) is 124 Å². The fourth-order valence-corrected chi connectivity index (χ4v) is 14.8. The first-order valence-electron chi connectivity index (χ1n) is 46.6. The van der Waals surface area contributed by atoms with Crippen molar-refractivity contribution in [2.75, 3.05) is 78.8 Å². The molecule has 0 spiro atoms. The summed E-state index contributed by atoms with van der Waals surface area (Å²) in [7, 11) is 0. The van der Waals surface area contributed by atoms with Crippen molar-refractivity contribution in [3.63, 3.8) is 0 Å². The van der Waals surface area contributed by atoms with Crippen molar-refractivity contribution < 1.29 is 114 Å². The number of carbonyl (C=O) groups excluding carboxylic acids is 12. The first kappa shape index (κ1) is 106. The molecule has 8 bridgehead atoms. The van der Waals surface area contributed by atoms with Crippen LogP contribution in [0.2, 0.25) is 0 Å². The largest absolute Gasteiger partial charge is 0.493 e. The molecular weight excluding hydrogens is 1740 g/mol. The van der Waals surface area contributed by atoms with Gasteiger partial charge >= 0.3 is 47.8 Å². The molecule has 8 aromatic rings. The lowest BCUT2D eigenvalue weighted by molar-refractivity contribution is -0.158. The highest BCUT2D eigenvalue weighted by Gasteiger charge is 2.36. The van der Waals surface area contributed by atoms with Gasteiger partial charge in [-0.05, 0) is 224 Å². The Morgan fingerprint density at radius 1 is 0.243 bits per heavy atom. The average Bonchev–Trinajstić information content (AvgIpc) is 0.759. The van der Waals surface area contributed by atoms with Crippen LogP contribution in [0.15, 0.2) is 170 Å². The normalized spacial score (nSPS) is 11.9. The van der Waals surface area contributed by atoms with E-state index < -0.39 is 146 Å². The fourth-order valence-electron chi connectivity index (χ4n) is 14.8. The van der Waals surface area contributed by atoms with Crippen molar-refractivity contribution in [2.45, 2.75) is 237 Å². The molecule has 0 unspecified atom stereocenters. The van der Waals surface area contributed by atoms with Crippen LogP contribution in [-0.4, -0.2) is 192 Å². The number of unbranched alkanes of at least 4 members (excludes halogenated alkanes) is 4. The number of amides is 4. The van der Waals surface area contributed by atoms with Crippen LogP contribution in [0.1, 0.15) is 270 Å². The number of fused-ring (bicyclic) bond motifs is 8. The molecular formula is C108H132N4O24. The van der Waals surface area contributed by atoms with E-state index in [0.717, 1.165) is 19.6 Å². The number of hydrogen-bond acceptors (Lipinski definition) is 24. The molecule has 0 heterocycles. The Bertz CT molecular complexity index is 4680. The number of esters is 8. The van der Waals surface area contributed by atoms with Crippen LogP contribution in [0.5, 0.6) is 23.0 Å². The zero-order chi connectivity index (χ0) is 98.9. The summed E-state index contributed by atoms with van der Waals surface area (Å²) < 4.78 is 75.5. The maximum absolute atomic E-state index is 16.4. The predicted molar refractivity (Wildman–Crippen MR) is 511 cm³/mol. The molecule has 136 heavy (non-hydrogen) atoms. The Kier molecular flexibility index (Phi) is 39.7. The molecule has 28 nitrogen and oxygen atoms in total. The first-order valence-corrected chi connectivity index (χ1v) is 46.6. The molecule has 0 atom stereocenters. The molecule has 0 N–H and O–H groups in total. The van der Waals surface area contributed by atoms with Gasteiger partial charge in [-0.25, -0.2) is 0 Å². The maximum Gasteiger partial charge on any atom is 0.326 e. The third-order valence-corrected chi connectivity index (χ3v) is 20.8. The second-order valence-electron chi connectivity index (χ2n) is 37.6. The van der Waals surface area contributed by atoms with Gasteiger partial charge < -0.3 is 76.4 Å². The second kappa shape index (κ2) is 50.8. The minimum absolute atomic E-state index is 0.0512. The van der Waals surface area contributed by atoms with E-state index in [1.807, 2.05) is 27.7 Å². The van der Waals surface area contributed by atoms with Gasteiger partial charge in [-0.2, -0.15) is 0 Å². The Hall–Kier alpha value is -13.4. The predicted octanol–water partition coefficient (Wildman–Crippen LogP) is 17.2. The van der Waals surface area contributed by atoms with Gasteiger partial charge in [0.2, 0.25) is 0 Å². The summed E-state index contributed by atoms with van der Waals surface area (Å²) in [5.74, 6) is -9.88.